The molecular formula is C26H19ClFN9O2. The molecule has 2 N–H and O–H groups in total. The molecule has 13 heteroatoms. The van der Waals surface area contributed by atoms with Gasteiger partial charge in [-0.05, 0) is 59.5 Å². The largest absolute Gasteiger partial charge is 0.345 e. The van der Waals surface area contributed by atoms with E-state index in [1.165, 1.54) is 29.3 Å². The number of H-pyrrole nitrogens is 2. The summed E-state index contributed by atoms with van der Waals surface area (Å²) in [5, 5.41) is 11.9. The number of nitrogens with zero attached hydrogens (tertiary/aromatic N) is 7. The van der Waals surface area contributed by atoms with Crippen LogP contribution in [-0.2, 0) is 4.79 Å². The van der Waals surface area contributed by atoms with Crippen LogP contribution >= 0.6 is 11.6 Å². The Balaban J connectivity index is 1.20. The fourth-order valence-corrected chi connectivity index (χ4v) is 5.74. The first-order valence-corrected chi connectivity index (χ1v) is 12.6. The van der Waals surface area contributed by atoms with E-state index in [0.29, 0.717) is 35.4 Å². The molecule has 3 aromatic heterocycles. The molecule has 2 aliphatic heterocycles. The van der Waals surface area contributed by atoms with Crippen molar-refractivity contribution in [3.8, 4) is 16.9 Å². The lowest BCUT2D eigenvalue weighted by Gasteiger charge is -2.33. The van der Waals surface area contributed by atoms with E-state index in [4.69, 9.17) is 11.6 Å². The number of tetrazole rings is 1. The normalized spacial score (nSPS) is 19.0. The van der Waals surface area contributed by atoms with Crippen molar-refractivity contribution in [1.29, 1.82) is 0 Å². The number of halogens is 2. The van der Waals surface area contributed by atoms with Gasteiger partial charge in [-0.1, -0.05) is 17.7 Å². The van der Waals surface area contributed by atoms with Crippen LogP contribution in [-0.4, -0.2) is 57.0 Å². The number of aromatic amines is 2. The molecule has 2 aromatic carbocycles. The topological polar surface area (TPSA) is 138 Å². The molecule has 5 aromatic rings. The highest BCUT2D eigenvalue weighted by Gasteiger charge is 2.42. The van der Waals surface area contributed by atoms with Gasteiger partial charge >= 0.3 is 5.69 Å². The van der Waals surface area contributed by atoms with Crippen LogP contribution in [0.15, 0.2) is 59.9 Å². The van der Waals surface area contributed by atoms with Gasteiger partial charge < -0.3 is 14.9 Å². The summed E-state index contributed by atoms with van der Waals surface area (Å²) < 4.78 is 16.7. The standard InChI is InChI=1S/C26H19ClFN9O2/c27-17-3-6-20(36-12-31-34-35-36)23(24(17)28)14-8-16-2-5-21(37(16)22(38)9-14)25-29-11-19(32-25)13-1-4-18-15(7-13)10-30-26(39)33-18/h1,3-4,6-7,9-12,16,21H,2,5,8H2,(H,29,32)(H,30,33,39)/t16?,21-/m0/s1. The van der Waals surface area contributed by atoms with Crippen molar-refractivity contribution in [3.63, 3.8) is 0 Å². The fraction of sp³-hybridized carbons (Fsp3) is 0.192. The van der Waals surface area contributed by atoms with E-state index >= 15 is 4.39 Å². The van der Waals surface area contributed by atoms with E-state index in [2.05, 4.69) is 35.5 Å². The highest BCUT2D eigenvalue weighted by molar-refractivity contribution is 6.31. The molecule has 1 amide bonds. The summed E-state index contributed by atoms with van der Waals surface area (Å²) in [6, 6.07) is 8.33. The average molecular weight is 544 g/mol. The molecule has 0 saturated carbocycles. The maximum atomic E-state index is 15.3. The number of imidazole rings is 1. The first-order valence-electron chi connectivity index (χ1n) is 12.3. The van der Waals surface area contributed by atoms with Crippen LogP contribution in [0.1, 0.15) is 36.7 Å². The number of benzene rings is 2. The third-order valence-electron chi connectivity index (χ3n) is 7.34. The lowest BCUT2D eigenvalue weighted by Crippen LogP contribution is -2.39. The predicted octanol–water partition coefficient (Wildman–Crippen LogP) is 3.60. The zero-order valence-electron chi connectivity index (χ0n) is 20.2. The Morgan fingerprint density at radius 3 is 2.79 bits per heavy atom. The van der Waals surface area contributed by atoms with E-state index < -0.39 is 11.5 Å². The van der Waals surface area contributed by atoms with E-state index in [-0.39, 0.29) is 28.6 Å². The van der Waals surface area contributed by atoms with Gasteiger partial charge in [0.25, 0.3) is 0 Å². The van der Waals surface area contributed by atoms with Crippen LogP contribution in [0.25, 0.3) is 33.4 Å². The van der Waals surface area contributed by atoms with Crippen molar-refractivity contribution in [1.82, 2.24) is 45.0 Å². The number of amides is 1. The summed E-state index contributed by atoms with van der Waals surface area (Å²) in [5.41, 5.74) is 3.14. The second-order valence-electron chi connectivity index (χ2n) is 9.55. The van der Waals surface area contributed by atoms with Gasteiger partial charge in [0.1, 0.15) is 12.2 Å². The van der Waals surface area contributed by atoms with Gasteiger partial charge in [0, 0.05) is 34.8 Å². The first kappa shape index (κ1) is 23.4. The predicted molar refractivity (Wildman–Crippen MR) is 139 cm³/mol. The second kappa shape index (κ2) is 8.95. The van der Waals surface area contributed by atoms with E-state index in [1.807, 2.05) is 23.1 Å². The second-order valence-corrected chi connectivity index (χ2v) is 9.96. The van der Waals surface area contributed by atoms with Crippen LogP contribution in [0.2, 0.25) is 5.02 Å². The van der Waals surface area contributed by atoms with Gasteiger partial charge in [-0.3, -0.25) is 4.79 Å². The van der Waals surface area contributed by atoms with Crippen molar-refractivity contribution in [3.05, 3.63) is 87.8 Å². The quantitative estimate of drug-likeness (QED) is 0.353. The fourth-order valence-electron chi connectivity index (χ4n) is 5.58. The molecule has 11 nitrogen and oxygen atoms in total. The van der Waals surface area contributed by atoms with Gasteiger partial charge in [0.2, 0.25) is 5.91 Å². The third kappa shape index (κ3) is 3.91. The number of hydrogen-bond donors (Lipinski definition) is 2. The molecule has 0 bridgehead atoms. The van der Waals surface area contributed by atoms with Gasteiger partial charge in [-0.2, -0.15) is 4.68 Å². The zero-order valence-corrected chi connectivity index (χ0v) is 20.9. The summed E-state index contributed by atoms with van der Waals surface area (Å²) in [4.78, 5) is 41.2. The highest BCUT2D eigenvalue weighted by atomic mass is 35.5. The van der Waals surface area contributed by atoms with Gasteiger partial charge in [0.05, 0.1) is 34.2 Å². The van der Waals surface area contributed by atoms with Gasteiger partial charge in [-0.25, -0.2) is 19.2 Å². The van der Waals surface area contributed by atoms with Crippen LogP contribution in [0.3, 0.4) is 0 Å². The molecule has 0 aliphatic carbocycles. The Kier molecular flexibility index (Phi) is 5.37. The van der Waals surface area contributed by atoms with Crippen molar-refractivity contribution in [2.75, 3.05) is 0 Å². The van der Waals surface area contributed by atoms with Crippen molar-refractivity contribution in [2.24, 2.45) is 0 Å². The molecule has 7 rings (SSSR count). The van der Waals surface area contributed by atoms with Crippen molar-refractivity contribution < 1.29 is 9.18 Å². The Labute approximate surface area is 224 Å². The third-order valence-corrected chi connectivity index (χ3v) is 7.63. The molecule has 1 fully saturated rings. The maximum absolute atomic E-state index is 15.3. The number of nitrogens with one attached hydrogen (secondary N) is 2. The molecule has 0 radical (unpaired) electrons. The minimum absolute atomic E-state index is 0.0409. The summed E-state index contributed by atoms with van der Waals surface area (Å²) in [7, 11) is 0. The summed E-state index contributed by atoms with van der Waals surface area (Å²) in [6.45, 7) is 0. The minimum Gasteiger partial charge on any atom is -0.340 e. The average Bonchev–Trinajstić information content (AvgIpc) is 3.70. The molecule has 194 valence electrons. The first-order chi connectivity index (χ1) is 19.0. The molecular weight excluding hydrogens is 525 g/mol. The van der Waals surface area contributed by atoms with Crippen molar-refractivity contribution >= 4 is 34.0 Å². The summed E-state index contributed by atoms with van der Waals surface area (Å²) >= 11 is 6.12. The van der Waals surface area contributed by atoms with E-state index in [1.54, 1.807) is 12.3 Å². The van der Waals surface area contributed by atoms with E-state index in [0.717, 1.165) is 23.1 Å². The lowest BCUT2D eigenvalue weighted by molar-refractivity contribution is -0.129. The Hall–Kier alpha value is -4.71. The lowest BCUT2D eigenvalue weighted by atomic mass is 9.92. The molecule has 2 atom stereocenters. The van der Waals surface area contributed by atoms with Crippen LogP contribution in [0.4, 0.5) is 4.39 Å². The molecule has 2 aliphatic rings. The smallest absolute Gasteiger partial charge is 0.340 e. The Morgan fingerprint density at radius 2 is 1.95 bits per heavy atom. The van der Waals surface area contributed by atoms with Crippen LogP contribution in [0, 0.1) is 5.82 Å². The highest BCUT2D eigenvalue weighted by Crippen LogP contribution is 2.44. The maximum Gasteiger partial charge on any atom is 0.345 e. The molecule has 0 spiro atoms. The SMILES string of the molecule is O=C1C=C(c2c(-n3cnnn3)ccc(Cl)c2F)CC2CC[C@@H](c3ncc(-c4ccc5[nH]c(=O)ncc5c4)[nH]3)N12. The number of carbonyl (C=O) groups is 1. The molecule has 1 saturated heterocycles. The van der Waals surface area contributed by atoms with Crippen molar-refractivity contribution in [2.45, 2.75) is 31.3 Å². The number of aromatic nitrogens is 8. The summed E-state index contributed by atoms with van der Waals surface area (Å²) in [6.07, 6.45) is 8.01. The number of carbonyl (C=O) groups excluding carboxylic acids is 1. The molecule has 39 heavy (non-hydrogen) atoms. The Bertz CT molecular complexity index is 1850. The molecule has 1 unspecified atom stereocenters. The van der Waals surface area contributed by atoms with Crippen LogP contribution in [0.5, 0.6) is 0 Å². The van der Waals surface area contributed by atoms with Gasteiger partial charge in [0.15, 0.2) is 5.82 Å². The Morgan fingerprint density at radius 1 is 1.05 bits per heavy atom. The monoisotopic (exact) mass is 543 g/mol. The minimum atomic E-state index is -0.614. The molecule has 5 heterocycles. The number of rotatable bonds is 4. The number of hydrogen-bond acceptors (Lipinski definition) is 7. The zero-order chi connectivity index (χ0) is 26.7. The summed E-state index contributed by atoms with van der Waals surface area (Å²) in [5.74, 6) is -0.151. The van der Waals surface area contributed by atoms with E-state index in [9.17, 15) is 9.59 Å². The van der Waals surface area contributed by atoms with Gasteiger partial charge in [-0.15, -0.1) is 5.10 Å². The van der Waals surface area contributed by atoms with Crippen LogP contribution < -0.4 is 5.69 Å². The number of fused-ring (bicyclic) bond motifs is 2.